The monoisotopic (exact) mass is 151 g/mol. The molecule has 3 nitrogen and oxygen atoms in total. The lowest BCUT2D eigenvalue weighted by atomic mass is 10.1. The van der Waals surface area contributed by atoms with Crippen LogP contribution in [0.4, 0.5) is 0 Å². The van der Waals surface area contributed by atoms with Gasteiger partial charge in [-0.05, 0) is 12.8 Å². The average Bonchev–Trinajstić information content (AvgIpc) is 2.26. The van der Waals surface area contributed by atoms with Crippen LogP contribution in [0.5, 0.6) is 0 Å². The van der Waals surface area contributed by atoms with Gasteiger partial charge >= 0.3 is 0 Å². The summed E-state index contributed by atoms with van der Waals surface area (Å²) < 4.78 is 0. The van der Waals surface area contributed by atoms with Crippen LogP contribution >= 0.6 is 0 Å². The zero-order chi connectivity index (χ0) is 8.27. The van der Waals surface area contributed by atoms with Gasteiger partial charge in [0.15, 0.2) is 0 Å². The van der Waals surface area contributed by atoms with E-state index in [1.165, 1.54) is 6.08 Å². The van der Waals surface area contributed by atoms with Gasteiger partial charge in [0.1, 0.15) is 0 Å². The van der Waals surface area contributed by atoms with E-state index in [0.717, 1.165) is 6.42 Å². The SMILES string of the molecule is C=CCCC1=CC(=O)NC1=O. The molecule has 0 aromatic rings. The summed E-state index contributed by atoms with van der Waals surface area (Å²) in [7, 11) is 0. The van der Waals surface area contributed by atoms with Crippen molar-refractivity contribution >= 4 is 11.8 Å². The van der Waals surface area contributed by atoms with Crippen LogP contribution in [-0.4, -0.2) is 11.8 Å². The van der Waals surface area contributed by atoms with Gasteiger partial charge in [-0.2, -0.15) is 0 Å². The standard InChI is InChI=1S/C8H9NO2/c1-2-3-4-6-5-7(10)9-8(6)11/h2,5H,1,3-4H2,(H,9,10,11). The van der Waals surface area contributed by atoms with Crippen molar-refractivity contribution in [3.8, 4) is 0 Å². The number of rotatable bonds is 3. The van der Waals surface area contributed by atoms with Gasteiger partial charge in [-0.3, -0.25) is 14.9 Å². The van der Waals surface area contributed by atoms with Crippen LogP contribution in [0.3, 0.4) is 0 Å². The summed E-state index contributed by atoms with van der Waals surface area (Å²) in [6.07, 6.45) is 4.39. The fourth-order valence-electron chi connectivity index (χ4n) is 0.895. The molecule has 3 heteroatoms. The van der Waals surface area contributed by atoms with E-state index >= 15 is 0 Å². The van der Waals surface area contributed by atoms with Gasteiger partial charge in [0.2, 0.25) is 0 Å². The van der Waals surface area contributed by atoms with E-state index in [1.54, 1.807) is 6.08 Å². The molecule has 0 aliphatic carbocycles. The maximum Gasteiger partial charge on any atom is 0.254 e. The molecule has 1 heterocycles. The quantitative estimate of drug-likeness (QED) is 0.472. The molecule has 0 radical (unpaired) electrons. The summed E-state index contributed by atoms with van der Waals surface area (Å²) in [6, 6.07) is 0. The van der Waals surface area contributed by atoms with E-state index in [1.807, 2.05) is 0 Å². The van der Waals surface area contributed by atoms with Crippen LogP contribution in [0, 0.1) is 0 Å². The van der Waals surface area contributed by atoms with Crippen LogP contribution in [0.25, 0.3) is 0 Å². The van der Waals surface area contributed by atoms with Gasteiger partial charge in [-0.15, -0.1) is 6.58 Å². The minimum absolute atomic E-state index is 0.267. The number of allylic oxidation sites excluding steroid dienone is 1. The Kier molecular flexibility index (Phi) is 2.21. The van der Waals surface area contributed by atoms with Crippen molar-refractivity contribution in [1.29, 1.82) is 0 Å². The molecule has 0 saturated heterocycles. The van der Waals surface area contributed by atoms with Crippen molar-refractivity contribution in [2.45, 2.75) is 12.8 Å². The normalized spacial score (nSPS) is 16.2. The smallest absolute Gasteiger partial charge is 0.254 e. The summed E-state index contributed by atoms with van der Waals surface area (Å²) in [6.45, 7) is 3.52. The lowest BCUT2D eigenvalue weighted by Gasteiger charge is -1.93. The molecule has 0 saturated carbocycles. The van der Waals surface area contributed by atoms with Crippen LogP contribution < -0.4 is 5.32 Å². The molecule has 0 aromatic heterocycles. The highest BCUT2D eigenvalue weighted by atomic mass is 16.2. The van der Waals surface area contributed by atoms with E-state index in [-0.39, 0.29) is 11.8 Å². The Morgan fingerprint density at radius 3 is 2.73 bits per heavy atom. The van der Waals surface area contributed by atoms with E-state index in [4.69, 9.17) is 0 Å². The Morgan fingerprint density at radius 1 is 1.55 bits per heavy atom. The minimum atomic E-state index is -0.311. The second-order valence-electron chi connectivity index (χ2n) is 2.32. The Bertz CT molecular complexity index is 240. The second-order valence-corrected chi connectivity index (χ2v) is 2.32. The van der Waals surface area contributed by atoms with Gasteiger partial charge in [0.25, 0.3) is 11.8 Å². The Hall–Kier alpha value is -1.38. The number of hydrogen-bond acceptors (Lipinski definition) is 2. The van der Waals surface area contributed by atoms with Gasteiger partial charge < -0.3 is 0 Å². The molecule has 1 aliphatic rings. The van der Waals surface area contributed by atoms with Crippen molar-refractivity contribution in [1.82, 2.24) is 5.32 Å². The molecule has 0 bridgehead atoms. The molecule has 1 rings (SSSR count). The Labute approximate surface area is 64.8 Å². The molecule has 1 N–H and O–H groups in total. The van der Waals surface area contributed by atoms with Gasteiger partial charge in [0, 0.05) is 11.6 Å². The number of imide groups is 1. The number of carbonyl (C=O) groups is 2. The van der Waals surface area contributed by atoms with Crippen molar-refractivity contribution < 1.29 is 9.59 Å². The predicted molar refractivity (Wildman–Crippen MR) is 40.7 cm³/mol. The van der Waals surface area contributed by atoms with Crippen LogP contribution in [0.1, 0.15) is 12.8 Å². The van der Waals surface area contributed by atoms with E-state index < -0.39 is 0 Å². The first-order valence-electron chi connectivity index (χ1n) is 3.41. The lowest BCUT2D eigenvalue weighted by molar-refractivity contribution is -0.123. The Morgan fingerprint density at radius 2 is 2.27 bits per heavy atom. The fraction of sp³-hybridized carbons (Fsp3) is 0.250. The molecular weight excluding hydrogens is 142 g/mol. The van der Waals surface area contributed by atoms with Crippen LogP contribution in [0.2, 0.25) is 0 Å². The number of nitrogens with one attached hydrogen (secondary N) is 1. The zero-order valence-electron chi connectivity index (χ0n) is 6.09. The second kappa shape index (κ2) is 3.14. The summed E-state index contributed by atoms with van der Waals surface area (Å²) in [5.74, 6) is -0.578. The van der Waals surface area contributed by atoms with Crippen molar-refractivity contribution in [2.24, 2.45) is 0 Å². The van der Waals surface area contributed by atoms with Gasteiger partial charge in [-0.25, -0.2) is 0 Å². The molecule has 0 atom stereocenters. The van der Waals surface area contributed by atoms with E-state index in [2.05, 4.69) is 11.9 Å². The van der Waals surface area contributed by atoms with Crippen LogP contribution in [0.15, 0.2) is 24.3 Å². The highest BCUT2D eigenvalue weighted by molar-refractivity contribution is 6.16. The molecule has 1 aliphatic heterocycles. The first-order valence-corrected chi connectivity index (χ1v) is 3.41. The molecule has 0 unspecified atom stereocenters. The number of carbonyl (C=O) groups excluding carboxylic acids is 2. The van der Waals surface area contributed by atoms with Gasteiger partial charge in [-0.1, -0.05) is 6.08 Å². The van der Waals surface area contributed by atoms with Crippen LogP contribution in [-0.2, 0) is 9.59 Å². The first kappa shape index (κ1) is 7.72. The molecule has 2 amide bonds. The Balaban J connectivity index is 2.56. The third kappa shape index (κ3) is 1.77. The van der Waals surface area contributed by atoms with E-state index in [0.29, 0.717) is 12.0 Å². The minimum Gasteiger partial charge on any atom is -0.289 e. The maximum absolute atomic E-state index is 10.9. The highest BCUT2D eigenvalue weighted by Gasteiger charge is 2.18. The first-order chi connectivity index (χ1) is 5.24. The third-order valence-electron chi connectivity index (χ3n) is 1.45. The third-order valence-corrected chi connectivity index (χ3v) is 1.45. The average molecular weight is 151 g/mol. The van der Waals surface area contributed by atoms with Crippen molar-refractivity contribution in [3.63, 3.8) is 0 Å². The highest BCUT2D eigenvalue weighted by Crippen LogP contribution is 2.09. The largest absolute Gasteiger partial charge is 0.289 e. The number of amides is 2. The molecule has 0 fully saturated rings. The molecule has 0 spiro atoms. The molecular formula is C8H9NO2. The zero-order valence-corrected chi connectivity index (χ0v) is 6.09. The molecule has 11 heavy (non-hydrogen) atoms. The fourth-order valence-corrected chi connectivity index (χ4v) is 0.895. The van der Waals surface area contributed by atoms with Gasteiger partial charge in [0.05, 0.1) is 0 Å². The summed E-state index contributed by atoms with van der Waals surface area (Å²) in [5, 5.41) is 2.17. The molecule has 58 valence electrons. The summed E-state index contributed by atoms with van der Waals surface area (Å²) >= 11 is 0. The topological polar surface area (TPSA) is 46.2 Å². The molecule has 0 aromatic carbocycles. The lowest BCUT2D eigenvalue weighted by Crippen LogP contribution is -2.22. The predicted octanol–water partition coefficient (Wildman–Crippen LogP) is 0.535. The summed E-state index contributed by atoms with van der Waals surface area (Å²) in [4.78, 5) is 21.4. The van der Waals surface area contributed by atoms with Crippen molar-refractivity contribution in [2.75, 3.05) is 0 Å². The van der Waals surface area contributed by atoms with E-state index in [9.17, 15) is 9.59 Å². The van der Waals surface area contributed by atoms with Crippen molar-refractivity contribution in [3.05, 3.63) is 24.3 Å². The summed E-state index contributed by atoms with van der Waals surface area (Å²) in [5.41, 5.74) is 0.551. The number of hydrogen-bond donors (Lipinski definition) is 1. The maximum atomic E-state index is 10.9.